The Morgan fingerprint density at radius 1 is 1.41 bits per heavy atom. The third-order valence-corrected chi connectivity index (χ3v) is 2.46. The third-order valence-electron chi connectivity index (χ3n) is 2.24. The molecule has 1 heterocycles. The Bertz CT molecular complexity index is 338. The second-order valence-corrected chi connectivity index (χ2v) is 4.31. The van der Waals surface area contributed by atoms with E-state index in [0.717, 1.165) is 5.69 Å². The molecule has 2 nitrogen and oxygen atoms in total. The van der Waals surface area contributed by atoms with Crippen LogP contribution in [0.3, 0.4) is 0 Å². The van der Waals surface area contributed by atoms with E-state index in [9.17, 15) is 13.2 Å². The highest BCUT2D eigenvalue weighted by atomic mass is 35.5. The Morgan fingerprint density at radius 2 is 2.12 bits per heavy atom. The molecule has 0 amide bonds. The molecule has 17 heavy (non-hydrogen) atoms. The van der Waals surface area contributed by atoms with Gasteiger partial charge in [0.2, 0.25) is 0 Å². The lowest BCUT2D eigenvalue weighted by Gasteiger charge is -2.15. The number of rotatable bonds is 5. The molecule has 1 aromatic rings. The highest BCUT2D eigenvalue weighted by Crippen LogP contribution is 2.23. The smallest absolute Gasteiger partial charge is 0.381 e. The number of hydrogen-bond acceptors (Lipinski definition) is 2. The Labute approximate surface area is 103 Å². The maximum Gasteiger partial charge on any atom is 0.389 e. The zero-order chi connectivity index (χ0) is 12.9. The summed E-state index contributed by atoms with van der Waals surface area (Å²) in [7, 11) is 0. The van der Waals surface area contributed by atoms with Crippen molar-refractivity contribution in [2.45, 2.75) is 38.4 Å². The number of hydrogen-bond donors (Lipinski definition) is 1. The Hall–Kier alpha value is -0.970. The van der Waals surface area contributed by atoms with Gasteiger partial charge in [-0.3, -0.25) is 0 Å². The van der Waals surface area contributed by atoms with Crippen molar-refractivity contribution < 1.29 is 13.2 Å². The monoisotopic (exact) mass is 266 g/mol. The number of pyridine rings is 1. The molecule has 0 saturated heterocycles. The molecule has 0 radical (unpaired) electrons. The number of anilines is 1. The Morgan fingerprint density at radius 3 is 2.65 bits per heavy atom. The Kier molecular flexibility index (Phi) is 5.05. The van der Waals surface area contributed by atoms with Crippen LogP contribution in [-0.4, -0.2) is 17.2 Å². The summed E-state index contributed by atoms with van der Waals surface area (Å²) in [6.07, 6.45) is -2.66. The molecule has 1 atom stereocenters. The van der Waals surface area contributed by atoms with Gasteiger partial charge in [0.05, 0.1) is 11.9 Å². The van der Waals surface area contributed by atoms with Crippen LogP contribution in [0.2, 0.25) is 5.15 Å². The number of alkyl halides is 3. The first-order valence-corrected chi connectivity index (χ1v) is 5.69. The van der Waals surface area contributed by atoms with Crippen molar-refractivity contribution in [3.63, 3.8) is 0 Å². The first-order chi connectivity index (χ1) is 7.87. The van der Waals surface area contributed by atoms with E-state index in [4.69, 9.17) is 11.6 Å². The fourth-order valence-corrected chi connectivity index (χ4v) is 1.54. The maximum atomic E-state index is 11.9. The average Bonchev–Trinajstić information content (AvgIpc) is 2.19. The second kappa shape index (κ2) is 6.10. The van der Waals surface area contributed by atoms with Crippen LogP contribution in [0.15, 0.2) is 18.3 Å². The first kappa shape index (κ1) is 14.1. The zero-order valence-corrected chi connectivity index (χ0v) is 10.1. The standard InChI is InChI=1S/C11H14ClF3N2/c1-8(3-2-6-11(13,14)15)17-9-4-5-10(12)16-7-9/h4-5,7-8,17H,2-3,6H2,1H3. The lowest BCUT2D eigenvalue weighted by atomic mass is 10.1. The summed E-state index contributed by atoms with van der Waals surface area (Å²) < 4.78 is 35.8. The number of halogens is 4. The van der Waals surface area contributed by atoms with E-state index in [1.54, 1.807) is 18.3 Å². The van der Waals surface area contributed by atoms with Gasteiger partial charge < -0.3 is 5.32 Å². The van der Waals surface area contributed by atoms with Crippen LogP contribution in [0.25, 0.3) is 0 Å². The van der Waals surface area contributed by atoms with Crippen LogP contribution in [0.4, 0.5) is 18.9 Å². The van der Waals surface area contributed by atoms with Crippen molar-refractivity contribution in [3.05, 3.63) is 23.5 Å². The summed E-state index contributed by atoms with van der Waals surface area (Å²) in [5.41, 5.74) is 0.758. The molecule has 0 spiro atoms. The summed E-state index contributed by atoms with van der Waals surface area (Å²) in [6.45, 7) is 1.84. The van der Waals surface area contributed by atoms with E-state index in [2.05, 4.69) is 10.3 Å². The minimum absolute atomic E-state index is 0.0275. The summed E-state index contributed by atoms with van der Waals surface area (Å²) in [5.74, 6) is 0. The highest BCUT2D eigenvalue weighted by Gasteiger charge is 2.26. The number of nitrogens with one attached hydrogen (secondary N) is 1. The van der Waals surface area contributed by atoms with E-state index in [1.807, 2.05) is 6.92 Å². The van der Waals surface area contributed by atoms with Gasteiger partial charge in [-0.15, -0.1) is 0 Å². The van der Waals surface area contributed by atoms with Gasteiger partial charge in [-0.1, -0.05) is 11.6 Å². The van der Waals surface area contributed by atoms with E-state index < -0.39 is 12.6 Å². The van der Waals surface area contributed by atoms with Crippen molar-refractivity contribution >= 4 is 17.3 Å². The van der Waals surface area contributed by atoms with Gasteiger partial charge in [-0.25, -0.2) is 4.98 Å². The molecule has 0 aromatic carbocycles. The van der Waals surface area contributed by atoms with E-state index in [0.29, 0.717) is 11.6 Å². The predicted molar refractivity (Wildman–Crippen MR) is 62.2 cm³/mol. The van der Waals surface area contributed by atoms with Crippen molar-refractivity contribution in [1.29, 1.82) is 0 Å². The molecule has 0 aliphatic heterocycles. The molecule has 1 aromatic heterocycles. The minimum Gasteiger partial charge on any atom is -0.381 e. The lowest BCUT2D eigenvalue weighted by molar-refractivity contribution is -0.135. The molecule has 1 rings (SSSR count). The van der Waals surface area contributed by atoms with Gasteiger partial charge in [-0.05, 0) is 31.9 Å². The van der Waals surface area contributed by atoms with Crippen LogP contribution in [-0.2, 0) is 0 Å². The van der Waals surface area contributed by atoms with Crippen LogP contribution in [0.5, 0.6) is 0 Å². The molecule has 0 saturated carbocycles. The molecule has 0 bridgehead atoms. The van der Waals surface area contributed by atoms with E-state index in [-0.39, 0.29) is 12.5 Å². The summed E-state index contributed by atoms with van der Waals surface area (Å²) in [6, 6.07) is 3.35. The topological polar surface area (TPSA) is 24.9 Å². The fraction of sp³-hybridized carbons (Fsp3) is 0.545. The molecule has 0 aliphatic carbocycles. The van der Waals surface area contributed by atoms with Gasteiger partial charge in [0.25, 0.3) is 0 Å². The number of aromatic nitrogens is 1. The molecular formula is C11H14ClF3N2. The van der Waals surface area contributed by atoms with Crippen LogP contribution >= 0.6 is 11.6 Å². The van der Waals surface area contributed by atoms with E-state index in [1.165, 1.54) is 0 Å². The minimum atomic E-state index is -4.07. The lowest BCUT2D eigenvalue weighted by Crippen LogP contribution is -2.16. The predicted octanol–water partition coefficient (Wildman–Crippen LogP) is 4.27. The quantitative estimate of drug-likeness (QED) is 0.805. The third kappa shape index (κ3) is 6.36. The van der Waals surface area contributed by atoms with Gasteiger partial charge in [0, 0.05) is 12.5 Å². The van der Waals surface area contributed by atoms with Crippen LogP contribution < -0.4 is 5.32 Å². The van der Waals surface area contributed by atoms with E-state index >= 15 is 0 Å². The summed E-state index contributed by atoms with van der Waals surface area (Å²) >= 11 is 5.62. The molecule has 1 N–H and O–H groups in total. The van der Waals surface area contributed by atoms with Gasteiger partial charge >= 0.3 is 6.18 Å². The second-order valence-electron chi connectivity index (χ2n) is 3.92. The fourth-order valence-electron chi connectivity index (χ4n) is 1.43. The van der Waals surface area contributed by atoms with Crippen molar-refractivity contribution in [2.75, 3.05) is 5.32 Å². The number of nitrogens with zero attached hydrogens (tertiary/aromatic N) is 1. The molecule has 6 heteroatoms. The van der Waals surface area contributed by atoms with Crippen LogP contribution in [0.1, 0.15) is 26.2 Å². The molecule has 96 valence electrons. The molecule has 0 fully saturated rings. The largest absolute Gasteiger partial charge is 0.389 e. The van der Waals surface area contributed by atoms with Gasteiger partial charge in [-0.2, -0.15) is 13.2 Å². The van der Waals surface area contributed by atoms with Crippen molar-refractivity contribution in [2.24, 2.45) is 0 Å². The molecule has 0 aliphatic rings. The SMILES string of the molecule is CC(CCCC(F)(F)F)Nc1ccc(Cl)nc1. The zero-order valence-electron chi connectivity index (χ0n) is 9.39. The maximum absolute atomic E-state index is 11.9. The summed E-state index contributed by atoms with van der Waals surface area (Å²) in [5, 5.41) is 3.46. The highest BCUT2D eigenvalue weighted by molar-refractivity contribution is 6.29. The van der Waals surface area contributed by atoms with Gasteiger partial charge in [0.15, 0.2) is 0 Å². The summed E-state index contributed by atoms with van der Waals surface area (Å²) in [4.78, 5) is 3.87. The van der Waals surface area contributed by atoms with Crippen LogP contribution in [0, 0.1) is 0 Å². The normalized spacial score (nSPS) is 13.5. The van der Waals surface area contributed by atoms with Gasteiger partial charge in [0.1, 0.15) is 5.15 Å². The average molecular weight is 267 g/mol. The molecule has 1 unspecified atom stereocenters. The Balaban J connectivity index is 2.30. The first-order valence-electron chi connectivity index (χ1n) is 5.31. The molecular weight excluding hydrogens is 253 g/mol. The van der Waals surface area contributed by atoms with Crippen molar-refractivity contribution in [3.8, 4) is 0 Å². The van der Waals surface area contributed by atoms with Crippen molar-refractivity contribution in [1.82, 2.24) is 4.98 Å².